The fourth-order valence-electron chi connectivity index (χ4n) is 4.49. The second-order valence-corrected chi connectivity index (χ2v) is 9.19. The molecule has 190 valence electrons. The zero-order valence-electron chi connectivity index (χ0n) is 21.0. The molecule has 1 aliphatic rings. The molecule has 5 rings (SSSR count). The molecule has 1 aliphatic heterocycles. The van der Waals surface area contributed by atoms with Crippen LogP contribution < -0.4 is 21.9 Å². The smallest absolute Gasteiger partial charge is 0.274 e. The molecule has 4 N–H and O–H groups in total. The summed E-state index contributed by atoms with van der Waals surface area (Å²) in [4.78, 5) is 34.4. The van der Waals surface area contributed by atoms with E-state index in [2.05, 4.69) is 25.8 Å². The number of benzene rings is 1. The predicted molar refractivity (Wildman–Crippen MR) is 140 cm³/mol. The van der Waals surface area contributed by atoms with Crippen molar-refractivity contribution < 1.29 is 4.79 Å². The molecule has 0 aliphatic carbocycles. The highest BCUT2D eigenvalue weighted by molar-refractivity contribution is 5.94. The third-order valence-electron chi connectivity index (χ3n) is 6.64. The maximum Gasteiger partial charge on any atom is 0.274 e. The first-order valence-corrected chi connectivity index (χ1v) is 12.2. The van der Waals surface area contributed by atoms with Crippen LogP contribution in [0.1, 0.15) is 40.4 Å². The van der Waals surface area contributed by atoms with Gasteiger partial charge in [-0.05, 0) is 63.5 Å². The Balaban J connectivity index is 1.57. The van der Waals surface area contributed by atoms with Gasteiger partial charge < -0.3 is 16.4 Å². The molecule has 37 heavy (non-hydrogen) atoms. The Kier molecular flexibility index (Phi) is 6.53. The van der Waals surface area contributed by atoms with Crippen LogP contribution in [0.2, 0.25) is 0 Å². The fourth-order valence-corrected chi connectivity index (χ4v) is 4.49. The number of nitrogen functional groups attached to an aromatic ring is 1. The molecule has 1 amide bonds. The number of nitrogens with one attached hydrogen (secondary N) is 2. The molecule has 1 fully saturated rings. The number of piperidine rings is 1. The number of carbonyl (C=O) groups excluding carboxylic acids is 1. The Morgan fingerprint density at radius 1 is 1.11 bits per heavy atom. The average Bonchev–Trinajstić information content (AvgIpc) is 3.41. The summed E-state index contributed by atoms with van der Waals surface area (Å²) in [6.07, 6.45) is 7.41. The van der Waals surface area contributed by atoms with Gasteiger partial charge in [-0.2, -0.15) is 14.9 Å². The van der Waals surface area contributed by atoms with E-state index in [1.807, 2.05) is 17.8 Å². The van der Waals surface area contributed by atoms with Crippen molar-refractivity contribution in [2.45, 2.75) is 32.7 Å². The quantitative estimate of drug-likeness (QED) is 0.378. The van der Waals surface area contributed by atoms with Gasteiger partial charge in [0.15, 0.2) is 5.82 Å². The van der Waals surface area contributed by atoms with Crippen molar-refractivity contribution in [2.75, 3.05) is 25.9 Å². The van der Waals surface area contributed by atoms with E-state index in [1.54, 1.807) is 50.6 Å². The monoisotopic (exact) mass is 499 g/mol. The molecule has 0 atom stereocenters. The number of aryl methyl sites for hydroxylation is 2. The number of carbonyl (C=O) groups is 1. The molecule has 3 aromatic heterocycles. The van der Waals surface area contributed by atoms with E-state index >= 15 is 0 Å². The molecular weight excluding hydrogens is 470 g/mol. The SMILES string of the molecule is CNC(=O)c1ccc(C)c(-n2nc(-c3nc(-c4cnn(C5CCNCC5)c4)cnc3N)cc(C)c2=O)c1. The van der Waals surface area contributed by atoms with Gasteiger partial charge in [0, 0.05) is 29.9 Å². The van der Waals surface area contributed by atoms with E-state index in [0.29, 0.717) is 39.9 Å². The third-order valence-corrected chi connectivity index (χ3v) is 6.64. The van der Waals surface area contributed by atoms with Crippen molar-refractivity contribution in [1.29, 1.82) is 0 Å². The van der Waals surface area contributed by atoms with Gasteiger partial charge in [-0.1, -0.05) is 6.07 Å². The van der Waals surface area contributed by atoms with Gasteiger partial charge in [-0.25, -0.2) is 9.97 Å². The summed E-state index contributed by atoms with van der Waals surface area (Å²) < 4.78 is 3.27. The Morgan fingerprint density at radius 3 is 2.65 bits per heavy atom. The minimum Gasteiger partial charge on any atom is -0.382 e. The van der Waals surface area contributed by atoms with Gasteiger partial charge in [0.2, 0.25) is 0 Å². The lowest BCUT2D eigenvalue weighted by Crippen LogP contribution is -2.29. The lowest BCUT2D eigenvalue weighted by molar-refractivity contribution is 0.0963. The maximum absolute atomic E-state index is 13.1. The van der Waals surface area contributed by atoms with E-state index in [-0.39, 0.29) is 17.3 Å². The normalized spacial score (nSPS) is 14.0. The maximum atomic E-state index is 13.1. The standard InChI is InChI=1S/C26H29N9O2/c1-15-4-5-17(25(36)28-3)11-22(15)35-26(37)16(2)10-20(33-35)23-24(27)30-13-21(32-23)18-12-31-34(14-18)19-6-8-29-9-7-19/h4-5,10-14,19,29H,6-9H2,1-3H3,(H2,27,30)(H,28,36). The highest BCUT2D eigenvalue weighted by atomic mass is 16.1. The van der Waals surface area contributed by atoms with E-state index in [9.17, 15) is 9.59 Å². The second kappa shape index (κ2) is 9.94. The van der Waals surface area contributed by atoms with Gasteiger partial charge >= 0.3 is 0 Å². The number of aromatic nitrogens is 6. The first-order valence-electron chi connectivity index (χ1n) is 12.2. The van der Waals surface area contributed by atoms with Gasteiger partial charge in [-0.3, -0.25) is 14.3 Å². The Hall–Kier alpha value is -4.38. The molecule has 0 bridgehead atoms. The molecule has 0 saturated carbocycles. The third kappa shape index (κ3) is 4.73. The van der Waals surface area contributed by atoms with Crippen LogP contribution in [-0.2, 0) is 0 Å². The molecule has 11 heteroatoms. The summed E-state index contributed by atoms with van der Waals surface area (Å²) >= 11 is 0. The molecule has 11 nitrogen and oxygen atoms in total. The fraction of sp³-hybridized carbons (Fsp3) is 0.308. The first-order chi connectivity index (χ1) is 17.9. The Bertz CT molecular complexity index is 1530. The van der Waals surface area contributed by atoms with Crippen molar-refractivity contribution >= 4 is 11.7 Å². The molecule has 1 aromatic carbocycles. The van der Waals surface area contributed by atoms with Crippen LogP contribution in [0.15, 0.2) is 47.7 Å². The number of nitrogens with two attached hydrogens (primary N) is 1. The second-order valence-electron chi connectivity index (χ2n) is 9.19. The molecule has 4 aromatic rings. The van der Waals surface area contributed by atoms with Crippen LogP contribution in [0.4, 0.5) is 5.82 Å². The number of rotatable bonds is 5. The van der Waals surface area contributed by atoms with E-state index in [0.717, 1.165) is 37.1 Å². The van der Waals surface area contributed by atoms with Gasteiger partial charge in [-0.15, -0.1) is 0 Å². The highest BCUT2D eigenvalue weighted by Crippen LogP contribution is 2.27. The van der Waals surface area contributed by atoms with E-state index in [4.69, 9.17) is 10.7 Å². The van der Waals surface area contributed by atoms with E-state index < -0.39 is 0 Å². The van der Waals surface area contributed by atoms with Crippen LogP contribution in [0.5, 0.6) is 0 Å². The number of hydrogen-bond donors (Lipinski definition) is 3. The number of nitrogens with zero attached hydrogens (tertiary/aromatic N) is 6. The van der Waals surface area contributed by atoms with Crippen LogP contribution >= 0.6 is 0 Å². The molecule has 0 spiro atoms. The zero-order valence-corrected chi connectivity index (χ0v) is 21.0. The van der Waals surface area contributed by atoms with Gasteiger partial charge in [0.1, 0.15) is 11.4 Å². The lowest BCUT2D eigenvalue weighted by atomic mass is 10.1. The van der Waals surface area contributed by atoms with Gasteiger partial charge in [0.25, 0.3) is 11.5 Å². The summed E-state index contributed by atoms with van der Waals surface area (Å²) in [6, 6.07) is 7.13. The van der Waals surface area contributed by atoms with Crippen LogP contribution in [0.3, 0.4) is 0 Å². The highest BCUT2D eigenvalue weighted by Gasteiger charge is 2.19. The Labute approximate surface area is 213 Å². The van der Waals surface area contributed by atoms with Crippen LogP contribution in [0.25, 0.3) is 28.3 Å². The summed E-state index contributed by atoms with van der Waals surface area (Å²) in [7, 11) is 1.56. The summed E-state index contributed by atoms with van der Waals surface area (Å²) in [5, 5.41) is 15.1. The summed E-state index contributed by atoms with van der Waals surface area (Å²) in [5.74, 6) is -0.0579. The minimum atomic E-state index is -0.299. The van der Waals surface area contributed by atoms with Crippen LogP contribution in [-0.4, -0.2) is 55.6 Å². The molecule has 4 heterocycles. The molecule has 1 saturated heterocycles. The lowest BCUT2D eigenvalue weighted by Gasteiger charge is -2.22. The number of amides is 1. The largest absolute Gasteiger partial charge is 0.382 e. The molecule has 0 radical (unpaired) electrons. The Morgan fingerprint density at radius 2 is 1.89 bits per heavy atom. The summed E-state index contributed by atoms with van der Waals surface area (Å²) in [6.45, 7) is 5.50. The van der Waals surface area contributed by atoms with Crippen molar-refractivity contribution in [3.8, 4) is 28.3 Å². The van der Waals surface area contributed by atoms with Crippen molar-refractivity contribution in [1.82, 2.24) is 40.2 Å². The van der Waals surface area contributed by atoms with Gasteiger partial charge in [0.05, 0.1) is 29.8 Å². The zero-order chi connectivity index (χ0) is 26.1. The van der Waals surface area contributed by atoms with E-state index in [1.165, 1.54) is 4.68 Å². The average molecular weight is 500 g/mol. The van der Waals surface area contributed by atoms with Crippen molar-refractivity contribution in [3.05, 3.63) is 69.9 Å². The first kappa shape index (κ1) is 24.3. The predicted octanol–water partition coefficient (Wildman–Crippen LogP) is 2.04. The molecule has 0 unspecified atom stereocenters. The minimum absolute atomic E-state index is 0.197. The summed E-state index contributed by atoms with van der Waals surface area (Å²) in [5.41, 5.74) is 10.3. The van der Waals surface area contributed by atoms with Crippen molar-refractivity contribution in [2.24, 2.45) is 0 Å². The van der Waals surface area contributed by atoms with Crippen LogP contribution in [0, 0.1) is 13.8 Å². The topological polar surface area (TPSA) is 146 Å². The van der Waals surface area contributed by atoms with Crippen molar-refractivity contribution in [3.63, 3.8) is 0 Å². The number of hydrogen-bond acceptors (Lipinski definition) is 8. The molecular formula is C26H29N9O2. The number of anilines is 1.